The van der Waals surface area contributed by atoms with Crippen LogP contribution in [0.25, 0.3) is 0 Å². The van der Waals surface area contributed by atoms with Gasteiger partial charge in [-0.1, -0.05) is 18.2 Å². The van der Waals surface area contributed by atoms with Gasteiger partial charge in [-0.3, -0.25) is 4.79 Å². The highest BCUT2D eigenvalue weighted by molar-refractivity contribution is 5.94. The molecule has 2 aromatic carbocycles. The van der Waals surface area contributed by atoms with Crippen molar-refractivity contribution < 1.29 is 13.9 Å². The minimum Gasteiger partial charge on any atom is -0.489 e. The lowest BCUT2D eigenvalue weighted by atomic mass is 10.1. The Morgan fingerprint density at radius 2 is 2.08 bits per heavy atom. The third-order valence-electron chi connectivity index (χ3n) is 4.29. The highest BCUT2D eigenvalue weighted by Crippen LogP contribution is 2.20. The number of carbonyl (C=O) groups is 1. The summed E-state index contributed by atoms with van der Waals surface area (Å²) in [4.78, 5) is 14.5. The van der Waals surface area contributed by atoms with Crippen molar-refractivity contribution in [3.05, 3.63) is 65.5 Å². The second-order valence-electron chi connectivity index (χ2n) is 5.98. The zero-order chi connectivity index (χ0) is 16.9. The van der Waals surface area contributed by atoms with Crippen LogP contribution in [0.2, 0.25) is 0 Å². The summed E-state index contributed by atoms with van der Waals surface area (Å²) in [5.41, 5.74) is 7.25. The lowest BCUT2D eigenvalue weighted by Crippen LogP contribution is -2.39. The molecule has 0 saturated carbocycles. The number of halogens is 1. The van der Waals surface area contributed by atoms with Crippen LogP contribution in [0, 0.1) is 5.82 Å². The van der Waals surface area contributed by atoms with Gasteiger partial charge in [0, 0.05) is 30.8 Å². The van der Waals surface area contributed by atoms with Gasteiger partial charge in [0.15, 0.2) is 0 Å². The summed E-state index contributed by atoms with van der Waals surface area (Å²) in [5, 5.41) is 0. The molecule has 0 unspecified atom stereocenters. The third-order valence-corrected chi connectivity index (χ3v) is 4.29. The molecule has 0 radical (unpaired) electrons. The first-order valence-electron chi connectivity index (χ1n) is 8.15. The van der Waals surface area contributed by atoms with E-state index in [1.165, 1.54) is 12.1 Å². The number of rotatable bonds is 5. The van der Waals surface area contributed by atoms with Gasteiger partial charge in [0.25, 0.3) is 5.91 Å². The number of amides is 1. The molecule has 0 aliphatic carbocycles. The molecule has 126 valence electrons. The standard InChI is InChI=1S/C19H21FN2O2/c20-16-6-2-8-18(11-16)24-13-14-4-1-5-15(10-14)19(23)22-9-3-7-17(22)12-21/h1-2,4-6,8,10-11,17H,3,7,9,12-13,21H2/t17-/m1/s1. The Labute approximate surface area is 141 Å². The second-order valence-corrected chi connectivity index (χ2v) is 5.98. The summed E-state index contributed by atoms with van der Waals surface area (Å²) in [6.07, 6.45) is 1.96. The van der Waals surface area contributed by atoms with E-state index in [-0.39, 0.29) is 24.4 Å². The van der Waals surface area contributed by atoms with Gasteiger partial charge >= 0.3 is 0 Å². The van der Waals surface area contributed by atoms with E-state index in [0.29, 0.717) is 17.9 Å². The molecule has 1 atom stereocenters. The molecule has 24 heavy (non-hydrogen) atoms. The van der Waals surface area contributed by atoms with Crippen LogP contribution in [-0.4, -0.2) is 29.9 Å². The highest BCUT2D eigenvalue weighted by Gasteiger charge is 2.28. The molecule has 2 N–H and O–H groups in total. The van der Waals surface area contributed by atoms with Crippen LogP contribution in [0.3, 0.4) is 0 Å². The average Bonchev–Trinajstić information content (AvgIpc) is 3.08. The molecule has 5 heteroatoms. The number of carbonyl (C=O) groups excluding carboxylic acids is 1. The van der Waals surface area contributed by atoms with Crippen molar-refractivity contribution in [2.75, 3.05) is 13.1 Å². The molecule has 1 saturated heterocycles. The van der Waals surface area contributed by atoms with E-state index in [0.717, 1.165) is 24.9 Å². The van der Waals surface area contributed by atoms with Crippen molar-refractivity contribution in [1.82, 2.24) is 4.90 Å². The van der Waals surface area contributed by atoms with Crippen molar-refractivity contribution in [1.29, 1.82) is 0 Å². The molecule has 1 amide bonds. The van der Waals surface area contributed by atoms with Gasteiger partial charge in [-0.25, -0.2) is 4.39 Å². The first kappa shape index (κ1) is 16.5. The van der Waals surface area contributed by atoms with Crippen LogP contribution in [0.5, 0.6) is 5.75 Å². The summed E-state index contributed by atoms with van der Waals surface area (Å²) in [7, 11) is 0. The van der Waals surface area contributed by atoms with E-state index in [9.17, 15) is 9.18 Å². The van der Waals surface area contributed by atoms with Gasteiger partial charge in [-0.15, -0.1) is 0 Å². The molecule has 1 heterocycles. The number of likely N-dealkylation sites (tertiary alicyclic amines) is 1. The summed E-state index contributed by atoms with van der Waals surface area (Å²) >= 11 is 0. The lowest BCUT2D eigenvalue weighted by Gasteiger charge is -2.23. The quantitative estimate of drug-likeness (QED) is 0.918. The maximum absolute atomic E-state index is 13.2. The lowest BCUT2D eigenvalue weighted by molar-refractivity contribution is 0.0741. The Balaban J connectivity index is 1.68. The van der Waals surface area contributed by atoms with Crippen molar-refractivity contribution in [2.24, 2.45) is 5.73 Å². The summed E-state index contributed by atoms with van der Waals surface area (Å²) in [5.74, 6) is 0.142. The molecule has 0 bridgehead atoms. The second kappa shape index (κ2) is 7.45. The first-order valence-corrected chi connectivity index (χ1v) is 8.15. The molecule has 2 aromatic rings. The molecule has 1 fully saturated rings. The molecule has 0 aromatic heterocycles. The van der Waals surface area contributed by atoms with E-state index in [2.05, 4.69) is 0 Å². The van der Waals surface area contributed by atoms with E-state index < -0.39 is 0 Å². The van der Waals surface area contributed by atoms with Crippen molar-refractivity contribution in [3.63, 3.8) is 0 Å². The number of ether oxygens (including phenoxy) is 1. The average molecular weight is 328 g/mol. The Morgan fingerprint density at radius 1 is 1.25 bits per heavy atom. The predicted molar refractivity (Wildman–Crippen MR) is 90.3 cm³/mol. The van der Waals surface area contributed by atoms with Crippen LogP contribution in [0.1, 0.15) is 28.8 Å². The Kier molecular flexibility index (Phi) is 5.11. The molecular formula is C19H21FN2O2. The molecule has 3 rings (SSSR count). The maximum Gasteiger partial charge on any atom is 0.254 e. The van der Waals surface area contributed by atoms with Gasteiger partial charge < -0.3 is 15.4 Å². The van der Waals surface area contributed by atoms with Crippen LogP contribution >= 0.6 is 0 Å². The monoisotopic (exact) mass is 328 g/mol. The summed E-state index contributed by atoms with van der Waals surface area (Å²) < 4.78 is 18.8. The Hall–Kier alpha value is -2.40. The number of benzene rings is 2. The number of nitrogens with two attached hydrogens (primary N) is 1. The van der Waals surface area contributed by atoms with Gasteiger partial charge in [0.05, 0.1) is 0 Å². The van der Waals surface area contributed by atoms with Gasteiger partial charge in [-0.05, 0) is 42.7 Å². The van der Waals surface area contributed by atoms with Crippen LogP contribution in [0.4, 0.5) is 4.39 Å². The maximum atomic E-state index is 13.2. The number of hydrogen-bond acceptors (Lipinski definition) is 3. The zero-order valence-electron chi connectivity index (χ0n) is 13.5. The van der Waals surface area contributed by atoms with Crippen molar-refractivity contribution >= 4 is 5.91 Å². The van der Waals surface area contributed by atoms with Crippen LogP contribution < -0.4 is 10.5 Å². The number of nitrogens with zero attached hydrogens (tertiary/aromatic N) is 1. The SMILES string of the molecule is NC[C@H]1CCCN1C(=O)c1cccc(COc2cccc(F)c2)c1. The van der Waals surface area contributed by atoms with Crippen LogP contribution in [-0.2, 0) is 6.61 Å². The normalized spacial score (nSPS) is 17.1. The molecule has 0 spiro atoms. The van der Waals surface area contributed by atoms with E-state index in [1.807, 2.05) is 23.1 Å². The van der Waals surface area contributed by atoms with Crippen molar-refractivity contribution in [2.45, 2.75) is 25.5 Å². The van der Waals surface area contributed by atoms with Crippen LogP contribution in [0.15, 0.2) is 48.5 Å². The molecular weight excluding hydrogens is 307 g/mol. The molecule has 1 aliphatic rings. The van der Waals surface area contributed by atoms with E-state index in [4.69, 9.17) is 10.5 Å². The molecule has 1 aliphatic heterocycles. The molecule has 4 nitrogen and oxygen atoms in total. The minimum atomic E-state index is -0.335. The fourth-order valence-electron chi connectivity index (χ4n) is 3.03. The minimum absolute atomic E-state index is 0.00977. The van der Waals surface area contributed by atoms with Gasteiger partial charge in [0.1, 0.15) is 18.2 Å². The summed E-state index contributed by atoms with van der Waals surface area (Å²) in [6, 6.07) is 13.5. The fraction of sp³-hybridized carbons (Fsp3) is 0.316. The largest absolute Gasteiger partial charge is 0.489 e. The number of hydrogen-bond donors (Lipinski definition) is 1. The van der Waals surface area contributed by atoms with E-state index >= 15 is 0 Å². The van der Waals surface area contributed by atoms with E-state index in [1.54, 1.807) is 18.2 Å². The zero-order valence-corrected chi connectivity index (χ0v) is 13.5. The Bertz CT molecular complexity index is 720. The van der Waals surface area contributed by atoms with Gasteiger partial charge in [0.2, 0.25) is 0 Å². The third kappa shape index (κ3) is 3.74. The van der Waals surface area contributed by atoms with Crippen molar-refractivity contribution in [3.8, 4) is 5.75 Å². The highest BCUT2D eigenvalue weighted by atomic mass is 19.1. The smallest absolute Gasteiger partial charge is 0.254 e. The first-order chi connectivity index (χ1) is 11.7. The topological polar surface area (TPSA) is 55.6 Å². The Morgan fingerprint density at radius 3 is 2.88 bits per heavy atom. The fourth-order valence-corrected chi connectivity index (χ4v) is 3.03. The predicted octanol–water partition coefficient (Wildman–Crippen LogP) is 2.97. The van der Waals surface area contributed by atoms with Gasteiger partial charge in [-0.2, -0.15) is 0 Å². The summed E-state index contributed by atoms with van der Waals surface area (Å²) in [6.45, 7) is 1.53.